The minimum absolute atomic E-state index is 0.111. The Morgan fingerprint density at radius 1 is 1.07 bits per heavy atom. The van der Waals surface area contributed by atoms with Crippen molar-refractivity contribution in [3.8, 4) is 0 Å². The second-order valence-electron chi connectivity index (χ2n) is 7.31. The first kappa shape index (κ1) is 19.6. The van der Waals surface area contributed by atoms with Crippen LogP contribution in [0.5, 0.6) is 0 Å². The smallest absolute Gasteiger partial charge is 0.241 e. The lowest BCUT2D eigenvalue weighted by Gasteiger charge is -2.32. The van der Waals surface area contributed by atoms with E-state index in [4.69, 9.17) is 4.74 Å². The number of hydrogen-bond acceptors (Lipinski definition) is 3. The lowest BCUT2D eigenvalue weighted by molar-refractivity contribution is -0.120. The van der Waals surface area contributed by atoms with Gasteiger partial charge >= 0.3 is 0 Å². The van der Waals surface area contributed by atoms with Gasteiger partial charge in [0.2, 0.25) is 5.91 Å². The van der Waals surface area contributed by atoms with Crippen LogP contribution in [0.2, 0.25) is 0 Å². The number of piperazine rings is 1. The number of likely N-dealkylation sites (N-methyl/N-ethyl adjacent to an activating group) is 1. The predicted molar refractivity (Wildman–Crippen MR) is 110 cm³/mol. The SMILES string of the molecule is CCCCC(OCc1cccc(N2CCN(C)CC2=O)c1)c1ccccc1. The standard InChI is InChI=1S/C23H30N2O2/c1-3-4-13-22(20-10-6-5-7-11-20)27-18-19-9-8-12-21(16-19)25-15-14-24(2)17-23(25)26/h5-12,16,22H,3-4,13-15,17-18H2,1-2H3. The van der Waals surface area contributed by atoms with Crippen LogP contribution in [0.1, 0.15) is 43.4 Å². The van der Waals surface area contributed by atoms with Crippen LogP contribution in [0.25, 0.3) is 0 Å². The fourth-order valence-electron chi connectivity index (χ4n) is 3.48. The summed E-state index contributed by atoms with van der Waals surface area (Å²) in [5.41, 5.74) is 3.31. The van der Waals surface area contributed by atoms with Crippen molar-refractivity contribution in [2.45, 2.75) is 38.9 Å². The highest BCUT2D eigenvalue weighted by Crippen LogP contribution is 2.26. The molecule has 4 heteroatoms. The third kappa shape index (κ3) is 5.41. The molecule has 1 atom stereocenters. The molecule has 1 heterocycles. The maximum Gasteiger partial charge on any atom is 0.241 e. The van der Waals surface area contributed by atoms with E-state index in [9.17, 15) is 4.79 Å². The molecule has 1 fully saturated rings. The van der Waals surface area contributed by atoms with Crippen molar-refractivity contribution in [1.82, 2.24) is 4.90 Å². The number of ether oxygens (including phenoxy) is 1. The van der Waals surface area contributed by atoms with Gasteiger partial charge in [-0.1, -0.05) is 62.2 Å². The topological polar surface area (TPSA) is 32.8 Å². The predicted octanol–water partition coefficient (Wildman–Crippen LogP) is 4.41. The third-order valence-corrected chi connectivity index (χ3v) is 5.08. The van der Waals surface area contributed by atoms with E-state index in [1.165, 1.54) is 5.56 Å². The Kier molecular flexibility index (Phi) is 7.02. The summed E-state index contributed by atoms with van der Waals surface area (Å²) < 4.78 is 6.29. The van der Waals surface area contributed by atoms with Crippen LogP contribution < -0.4 is 4.90 Å². The Morgan fingerprint density at radius 3 is 2.63 bits per heavy atom. The second kappa shape index (κ2) is 9.67. The summed E-state index contributed by atoms with van der Waals surface area (Å²) in [6.45, 7) is 4.88. The number of nitrogens with zero attached hydrogens (tertiary/aromatic N) is 2. The zero-order valence-corrected chi connectivity index (χ0v) is 16.4. The van der Waals surface area contributed by atoms with Gasteiger partial charge in [0.15, 0.2) is 0 Å². The van der Waals surface area contributed by atoms with Crippen molar-refractivity contribution in [3.05, 3.63) is 65.7 Å². The molecule has 0 N–H and O–H groups in total. The summed E-state index contributed by atoms with van der Waals surface area (Å²) >= 11 is 0. The zero-order chi connectivity index (χ0) is 19.1. The summed E-state index contributed by atoms with van der Waals surface area (Å²) in [7, 11) is 1.99. The van der Waals surface area contributed by atoms with Crippen molar-refractivity contribution in [2.24, 2.45) is 0 Å². The summed E-state index contributed by atoms with van der Waals surface area (Å²) in [6, 6.07) is 18.6. The lowest BCUT2D eigenvalue weighted by atomic mass is 10.0. The van der Waals surface area contributed by atoms with E-state index in [2.05, 4.69) is 48.2 Å². The van der Waals surface area contributed by atoms with E-state index in [0.717, 1.165) is 43.6 Å². The van der Waals surface area contributed by atoms with Gasteiger partial charge in [-0.2, -0.15) is 0 Å². The van der Waals surface area contributed by atoms with Crippen molar-refractivity contribution in [2.75, 3.05) is 31.6 Å². The van der Waals surface area contributed by atoms with Crippen molar-refractivity contribution in [3.63, 3.8) is 0 Å². The molecule has 2 aromatic rings. The number of anilines is 1. The van der Waals surface area contributed by atoms with Crippen LogP contribution in [-0.4, -0.2) is 37.5 Å². The minimum Gasteiger partial charge on any atom is -0.369 e. The first-order chi connectivity index (χ1) is 13.2. The van der Waals surface area contributed by atoms with E-state index in [1.54, 1.807) is 0 Å². The molecule has 1 aliphatic rings. The third-order valence-electron chi connectivity index (χ3n) is 5.08. The van der Waals surface area contributed by atoms with Gasteiger partial charge < -0.3 is 9.64 Å². The van der Waals surface area contributed by atoms with Gasteiger partial charge in [0, 0.05) is 18.8 Å². The average Bonchev–Trinajstić information content (AvgIpc) is 2.69. The van der Waals surface area contributed by atoms with Gasteiger partial charge in [-0.3, -0.25) is 9.69 Å². The van der Waals surface area contributed by atoms with Crippen molar-refractivity contribution < 1.29 is 9.53 Å². The van der Waals surface area contributed by atoms with Crippen LogP contribution in [0, 0.1) is 0 Å². The highest BCUT2D eigenvalue weighted by Gasteiger charge is 2.23. The molecular weight excluding hydrogens is 336 g/mol. The molecule has 0 aromatic heterocycles. The number of carbonyl (C=O) groups excluding carboxylic acids is 1. The number of amides is 1. The average molecular weight is 367 g/mol. The summed E-state index contributed by atoms with van der Waals surface area (Å²) in [6.07, 6.45) is 3.44. The molecule has 0 aliphatic carbocycles. The molecule has 0 spiro atoms. The number of rotatable bonds is 8. The molecule has 0 saturated carbocycles. The summed E-state index contributed by atoms with van der Waals surface area (Å²) in [5.74, 6) is 0.159. The summed E-state index contributed by atoms with van der Waals surface area (Å²) in [4.78, 5) is 16.3. The van der Waals surface area contributed by atoms with Crippen LogP contribution in [-0.2, 0) is 16.1 Å². The van der Waals surface area contributed by atoms with Crippen molar-refractivity contribution >= 4 is 11.6 Å². The Hall–Kier alpha value is -2.17. The molecule has 2 aromatic carbocycles. The van der Waals surface area contributed by atoms with E-state index in [1.807, 2.05) is 30.1 Å². The maximum absolute atomic E-state index is 12.3. The number of carbonyl (C=O) groups is 1. The van der Waals surface area contributed by atoms with Gasteiger partial charge in [0.1, 0.15) is 0 Å². The molecule has 27 heavy (non-hydrogen) atoms. The molecular formula is C23H30N2O2. The molecule has 1 aliphatic heterocycles. The van der Waals surface area contributed by atoms with Gasteiger partial charge in [0.05, 0.1) is 19.3 Å². The number of unbranched alkanes of at least 4 members (excludes halogenated alkanes) is 1. The van der Waals surface area contributed by atoms with E-state index in [-0.39, 0.29) is 12.0 Å². The van der Waals surface area contributed by atoms with E-state index >= 15 is 0 Å². The van der Waals surface area contributed by atoms with Gasteiger partial charge in [-0.25, -0.2) is 0 Å². The Labute approximate surface area is 162 Å². The van der Waals surface area contributed by atoms with Crippen LogP contribution in [0.15, 0.2) is 54.6 Å². The quantitative estimate of drug-likeness (QED) is 0.694. The summed E-state index contributed by atoms with van der Waals surface area (Å²) in [5, 5.41) is 0. The van der Waals surface area contributed by atoms with Crippen molar-refractivity contribution in [1.29, 1.82) is 0 Å². The van der Waals surface area contributed by atoms with Gasteiger partial charge in [-0.15, -0.1) is 0 Å². The minimum atomic E-state index is 0.111. The Morgan fingerprint density at radius 2 is 1.89 bits per heavy atom. The number of benzene rings is 2. The fourth-order valence-corrected chi connectivity index (χ4v) is 3.48. The first-order valence-electron chi connectivity index (χ1n) is 9.91. The van der Waals surface area contributed by atoms with Crippen LogP contribution in [0.3, 0.4) is 0 Å². The van der Waals surface area contributed by atoms with Gasteiger partial charge in [-0.05, 0) is 36.7 Å². The lowest BCUT2D eigenvalue weighted by Crippen LogP contribution is -2.48. The number of hydrogen-bond donors (Lipinski definition) is 0. The molecule has 3 rings (SSSR count). The molecule has 1 saturated heterocycles. The Balaban J connectivity index is 1.67. The van der Waals surface area contributed by atoms with Crippen LogP contribution in [0.4, 0.5) is 5.69 Å². The Bertz CT molecular complexity index is 732. The fraction of sp³-hybridized carbons (Fsp3) is 0.435. The maximum atomic E-state index is 12.3. The zero-order valence-electron chi connectivity index (χ0n) is 16.4. The first-order valence-corrected chi connectivity index (χ1v) is 9.91. The second-order valence-corrected chi connectivity index (χ2v) is 7.31. The normalized spacial score (nSPS) is 16.5. The monoisotopic (exact) mass is 366 g/mol. The molecule has 0 radical (unpaired) electrons. The molecule has 4 nitrogen and oxygen atoms in total. The molecule has 0 bridgehead atoms. The van der Waals surface area contributed by atoms with Crippen LogP contribution >= 0.6 is 0 Å². The molecule has 1 unspecified atom stereocenters. The van der Waals surface area contributed by atoms with E-state index in [0.29, 0.717) is 13.2 Å². The highest BCUT2D eigenvalue weighted by molar-refractivity contribution is 5.95. The van der Waals surface area contributed by atoms with E-state index < -0.39 is 0 Å². The molecule has 144 valence electrons. The largest absolute Gasteiger partial charge is 0.369 e. The van der Waals surface area contributed by atoms with Gasteiger partial charge in [0.25, 0.3) is 0 Å². The molecule has 1 amide bonds. The highest BCUT2D eigenvalue weighted by atomic mass is 16.5.